The predicted octanol–water partition coefficient (Wildman–Crippen LogP) is -0.277. The van der Waals surface area contributed by atoms with Gasteiger partial charge in [-0.2, -0.15) is 0 Å². The van der Waals surface area contributed by atoms with Crippen molar-refractivity contribution in [2.24, 2.45) is 0 Å². The first-order chi connectivity index (χ1) is 14.6. The molecule has 0 aromatic carbocycles. The van der Waals surface area contributed by atoms with E-state index in [4.69, 9.17) is 26.4 Å². The normalized spacial score (nSPS) is 28.5. The van der Waals surface area contributed by atoms with Gasteiger partial charge in [-0.3, -0.25) is 4.57 Å². The topological polar surface area (TPSA) is 136 Å². The van der Waals surface area contributed by atoms with Crippen LogP contribution in [0.25, 0.3) is 11.2 Å². The first kappa shape index (κ1) is 20.9. The Labute approximate surface area is 178 Å². The Morgan fingerprint density at radius 1 is 1.37 bits per heavy atom. The summed E-state index contributed by atoms with van der Waals surface area (Å²) in [5.74, 6) is 0.584. The number of nitrogens with zero attached hydrogens (tertiary/aromatic N) is 4. The van der Waals surface area contributed by atoms with E-state index in [1.807, 2.05) is 0 Å². The fourth-order valence-corrected chi connectivity index (χ4v) is 3.60. The maximum absolute atomic E-state index is 10.5. The number of rotatable bonds is 7. The predicted molar refractivity (Wildman–Crippen MR) is 111 cm³/mol. The van der Waals surface area contributed by atoms with E-state index in [1.54, 1.807) is 10.6 Å². The molecule has 5 unspecified atom stereocenters. The number of aliphatic hydroxyl groups is 2. The molecule has 11 nitrogen and oxygen atoms in total. The molecule has 162 valence electrons. The van der Waals surface area contributed by atoms with Crippen molar-refractivity contribution in [1.82, 2.24) is 24.8 Å². The van der Waals surface area contributed by atoms with Crippen LogP contribution in [0.1, 0.15) is 12.6 Å². The summed E-state index contributed by atoms with van der Waals surface area (Å²) in [4.78, 5) is 13.0. The van der Waals surface area contributed by atoms with Gasteiger partial charge in [-0.25, -0.2) is 15.0 Å². The lowest BCUT2D eigenvalue weighted by atomic mass is 10.1. The maximum Gasteiger partial charge on any atom is 0.256 e. The molecule has 0 amide bonds. The number of imidazole rings is 1. The van der Waals surface area contributed by atoms with Crippen LogP contribution in [0.3, 0.4) is 0 Å². The molecule has 4 heterocycles. The number of nitrogens with one attached hydrogen (secondary N) is 2. The summed E-state index contributed by atoms with van der Waals surface area (Å²) in [5, 5.41) is 27.3. The molecule has 4 rings (SSSR count). The second kappa shape index (κ2) is 9.18. The SMILES string of the molecule is C=CCNC(=S)OCC1OC(n2cnc3c(NC4CCOC4)ncnc32)C(O)C1O. The van der Waals surface area contributed by atoms with E-state index in [2.05, 4.69) is 32.2 Å². The van der Waals surface area contributed by atoms with E-state index in [0.717, 1.165) is 6.42 Å². The van der Waals surface area contributed by atoms with E-state index < -0.39 is 24.5 Å². The smallest absolute Gasteiger partial charge is 0.256 e. The third kappa shape index (κ3) is 4.23. The second-order valence-corrected chi connectivity index (χ2v) is 7.44. The lowest BCUT2D eigenvalue weighted by Crippen LogP contribution is -2.35. The van der Waals surface area contributed by atoms with Crippen molar-refractivity contribution in [3.63, 3.8) is 0 Å². The van der Waals surface area contributed by atoms with Gasteiger partial charge in [0.1, 0.15) is 31.2 Å². The van der Waals surface area contributed by atoms with Crippen LogP contribution in [-0.4, -0.2) is 85.6 Å². The fourth-order valence-electron chi connectivity index (χ4n) is 3.45. The van der Waals surface area contributed by atoms with Crippen molar-refractivity contribution < 1.29 is 24.4 Å². The lowest BCUT2D eigenvalue weighted by Gasteiger charge is -2.17. The second-order valence-electron chi connectivity index (χ2n) is 7.07. The molecule has 5 atom stereocenters. The monoisotopic (exact) mass is 436 g/mol. The number of ether oxygens (including phenoxy) is 3. The number of hydrogen-bond acceptors (Lipinski definition) is 10. The summed E-state index contributed by atoms with van der Waals surface area (Å²) in [6, 6.07) is 0.156. The van der Waals surface area contributed by atoms with Crippen LogP contribution in [0.4, 0.5) is 5.82 Å². The summed E-state index contributed by atoms with van der Waals surface area (Å²) < 4.78 is 18.2. The highest BCUT2D eigenvalue weighted by molar-refractivity contribution is 7.80. The molecule has 2 aliphatic rings. The van der Waals surface area contributed by atoms with Crippen LogP contribution in [0, 0.1) is 0 Å². The summed E-state index contributed by atoms with van der Waals surface area (Å²) in [7, 11) is 0. The van der Waals surface area contributed by atoms with Crippen molar-refractivity contribution in [3.8, 4) is 0 Å². The van der Waals surface area contributed by atoms with Gasteiger partial charge < -0.3 is 35.1 Å². The third-order valence-electron chi connectivity index (χ3n) is 5.01. The van der Waals surface area contributed by atoms with Gasteiger partial charge in [0.25, 0.3) is 5.17 Å². The van der Waals surface area contributed by atoms with Crippen molar-refractivity contribution in [2.75, 3.05) is 31.7 Å². The Morgan fingerprint density at radius 3 is 3.00 bits per heavy atom. The van der Waals surface area contributed by atoms with Gasteiger partial charge in [0.15, 0.2) is 23.2 Å². The number of hydrogen-bond donors (Lipinski definition) is 4. The Bertz CT molecular complexity index is 904. The molecule has 0 radical (unpaired) electrons. The standard InChI is InChI=1S/C18H24N6O5S/c1-2-4-19-18(30)28-7-11-13(25)14(26)17(29-11)24-9-22-12-15(20-8-21-16(12)24)23-10-3-5-27-6-10/h2,8-11,13-14,17,25-26H,1,3-7H2,(H,19,30)(H,20,21,23). The lowest BCUT2D eigenvalue weighted by molar-refractivity contribution is -0.0491. The highest BCUT2D eigenvalue weighted by atomic mass is 32.1. The Hall–Kier alpha value is -2.38. The van der Waals surface area contributed by atoms with E-state index in [-0.39, 0.29) is 17.8 Å². The molecular weight excluding hydrogens is 412 g/mol. The first-order valence-corrected chi connectivity index (χ1v) is 10.0. The molecule has 2 aromatic rings. The zero-order valence-electron chi connectivity index (χ0n) is 16.2. The highest BCUT2D eigenvalue weighted by Crippen LogP contribution is 2.32. The fraction of sp³-hybridized carbons (Fsp3) is 0.556. The Balaban J connectivity index is 1.48. The molecule has 2 fully saturated rings. The minimum Gasteiger partial charge on any atom is -0.468 e. The number of aliphatic hydroxyl groups excluding tert-OH is 2. The van der Waals surface area contributed by atoms with Gasteiger partial charge in [0, 0.05) is 13.2 Å². The number of thiocarbonyl (C=S) groups is 1. The molecule has 0 bridgehead atoms. The quantitative estimate of drug-likeness (QED) is 0.337. The molecule has 12 heteroatoms. The van der Waals surface area contributed by atoms with E-state index in [0.29, 0.717) is 36.7 Å². The summed E-state index contributed by atoms with van der Waals surface area (Å²) in [5.41, 5.74) is 1.02. The van der Waals surface area contributed by atoms with Crippen molar-refractivity contribution in [1.29, 1.82) is 0 Å². The van der Waals surface area contributed by atoms with Gasteiger partial charge in [0.2, 0.25) is 0 Å². The number of anilines is 1. The average molecular weight is 436 g/mol. The van der Waals surface area contributed by atoms with Crippen LogP contribution in [-0.2, 0) is 14.2 Å². The van der Waals surface area contributed by atoms with Gasteiger partial charge in [-0.15, -0.1) is 6.58 Å². The van der Waals surface area contributed by atoms with E-state index >= 15 is 0 Å². The highest BCUT2D eigenvalue weighted by Gasteiger charge is 2.44. The molecule has 2 aromatic heterocycles. The van der Waals surface area contributed by atoms with E-state index in [9.17, 15) is 10.2 Å². The van der Waals surface area contributed by atoms with Crippen molar-refractivity contribution in [3.05, 3.63) is 25.3 Å². The third-order valence-corrected chi connectivity index (χ3v) is 5.27. The van der Waals surface area contributed by atoms with Crippen LogP contribution < -0.4 is 10.6 Å². The van der Waals surface area contributed by atoms with Crippen molar-refractivity contribution in [2.45, 2.75) is 37.0 Å². The first-order valence-electron chi connectivity index (χ1n) is 9.63. The molecule has 2 saturated heterocycles. The molecular formula is C18H24N6O5S. The molecule has 0 aliphatic carbocycles. The molecule has 0 spiro atoms. The van der Waals surface area contributed by atoms with Crippen LogP contribution in [0.5, 0.6) is 0 Å². The Kier molecular flexibility index (Phi) is 6.39. The van der Waals surface area contributed by atoms with Gasteiger partial charge in [-0.05, 0) is 18.6 Å². The van der Waals surface area contributed by atoms with Crippen LogP contribution in [0.15, 0.2) is 25.3 Å². The largest absolute Gasteiger partial charge is 0.468 e. The number of aromatic nitrogens is 4. The van der Waals surface area contributed by atoms with Crippen LogP contribution in [0.2, 0.25) is 0 Å². The van der Waals surface area contributed by atoms with Gasteiger partial charge in [0.05, 0.1) is 19.0 Å². The zero-order chi connectivity index (χ0) is 21.1. The van der Waals surface area contributed by atoms with E-state index in [1.165, 1.54) is 12.7 Å². The average Bonchev–Trinajstić information content (AvgIpc) is 3.47. The number of fused-ring (bicyclic) bond motifs is 1. The minimum atomic E-state index is -1.19. The molecule has 4 N–H and O–H groups in total. The molecule has 0 saturated carbocycles. The molecule has 2 aliphatic heterocycles. The zero-order valence-corrected chi connectivity index (χ0v) is 17.0. The van der Waals surface area contributed by atoms with Gasteiger partial charge >= 0.3 is 0 Å². The summed E-state index contributed by atoms with van der Waals surface area (Å²) >= 11 is 5.04. The summed E-state index contributed by atoms with van der Waals surface area (Å²) in [6.45, 7) is 5.34. The molecule has 30 heavy (non-hydrogen) atoms. The minimum absolute atomic E-state index is 0.0200. The Morgan fingerprint density at radius 2 is 2.23 bits per heavy atom. The van der Waals surface area contributed by atoms with Gasteiger partial charge in [-0.1, -0.05) is 6.08 Å². The van der Waals surface area contributed by atoms with Crippen molar-refractivity contribution >= 4 is 34.4 Å². The van der Waals surface area contributed by atoms with Crippen LogP contribution >= 0.6 is 12.2 Å². The summed E-state index contributed by atoms with van der Waals surface area (Å²) in [6.07, 6.45) is 1.44. The maximum atomic E-state index is 10.5.